The molecule has 2 heterocycles. The van der Waals surface area contributed by atoms with Gasteiger partial charge in [-0.25, -0.2) is 0 Å². The van der Waals surface area contributed by atoms with Gasteiger partial charge in [0.2, 0.25) is 5.91 Å². The number of benzene rings is 1. The number of nitrogens with zero attached hydrogens (tertiary/aromatic N) is 2. The van der Waals surface area contributed by atoms with Crippen LogP contribution >= 0.6 is 0 Å². The fourth-order valence-electron chi connectivity index (χ4n) is 4.63. The summed E-state index contributed by atoms with van der Waals surface area (Å²) in [6.45, 7) is 1.16. The molecule has 1 saturated carbocycles. The molecule has 1 N–H and O–H groups in total. The van der Waals surface area contributed by atoms with Crippen LogP contribution < -0.4 is 0 Å². The van der Waals surface area contributed by atoms with E-state index < -0.39 is 6.10 Å². The number of aliphatic hydroxyl groups excluding tert-OH is 1. The van der Waals surface area contributed by atoms with Gasteiger partial charge in [-0.2, -0.15) is 0 Å². The second-order valence-electron chi connectivity index (χ2n) is 7.95. The van der Waals surface area contributed by atoms with E-state index in [-0.39, 0.29) is 17.7 Å². The van der Waals surface area contributed by atoms with Gasteiger partial charge in [-0.3, -0.25) is 9.78 Å². The number of carbonyl (C=O) groups excluding carboxylic acids is 1. The second-order valence-corrected chi connectivity index (χ2v) is 7.95. The molecule has 138 valence electrons. The zero-order valence-electron chi connectivity index (χ0n) is 15.3. The van der Waals surface area contributed by atoms with Crippen LogP contribution in [0.3, 0.4) is 0 Å². The number of aromatic nitrogens is 1. The molecule has 2 aliphatic rings. The number of fused-ring (bicyclic) bond motifs is 1. The van der Waals surface area contributed by atoms with Crippen molar-refractivity contribution in [2.75, 3.05) is 13.1 Å². The van der Waals surface area contributed by atoms with Crippen LogP contribution in [0.4, 0.5) is 0 Å². The van der Waals surface area contributed by atoms with Crippen LogP contribution in [0.25, 0.3) is 10.9 Å². The first kappa shape index (κ1) is 17.5. The topological polar surface area (TPSA) is 53.4 Å². The summed E-state index contributed by atoms with van der Waals surface area (Å²) >= 11 is 0. The minimum absolute atomic E-state index is 0.107. The summed E-state index contributed by atoms with van der Waals surface area (Å²) in [5, 5.41) is 11.7. The minimum Gasteiger partial charge on any atom is -0.391 e. The molecule has 4 nitrogen and oxygen atoms in total. The number of para-hydroxylation sites is 1. The highest BCUT2D eigenvalue weighted by Crippen LogP contribution is 2.29. The number of hydrogen-bond acceptors (Lipinski definition) is 3. The van der Waals surface area contributed by atoms with Crippen LogP contribution in [0.5, 0.6) is 0 Å². The van der Waals surface area contributed by atoms with Crippen LogP contribution in [-0.4, -0.2) is 40.1 Å². The summed E-state index contributed by atoms with van der Waals surface area (Å²) in [5.41, 5.74) is 2.20. The van der Waals surface area contributed by atoms with Gasteiger partial charge in [0.05, 0.1) is 11.6 Å². The van der Waals surface area contributed by atoms with Crippen molar-refractivity contribution in [1.82, 2.24) is 9.88 Å². The van der Waals surface area contributed by atoms with Crippen LogP contribution in [0.15, 0.2) is 36.5 Å². The average molecular weight is 352 g/mol. The van der Waals surface area contributed by atoms with Gasteiger partial charge in [0.15, 0.2) is 0 Å². The van der Waals surface area contributed by atoms with Crippen molar-refractivity contribution in [3.63, 3.8) is 0 Å². The zero-order chi connectivity index (χ0) is 17.9. The Bertz CT molecular complexity index is 762. The predicted octanol–water partition coefficient (Wildman–Crippen LogP) is 3.57. The molecule has 1 saturated heterocycles. The summed E-state index contributed by atoms with van der Waals surface area (Å²) in [6.07, 6.45) is 9.08. The van der Waals surface area contributed by atoms with E-state index in [1.165, 1.54) is 31.2 Å². The summed E-state index contributed by atoms with van der Waals surface area (Å²) in [7, 11) is 0. The van der Waals surface area contributed by atoms with E-state index in [0.717, 1.165) is 30.2 Å². The standard InChI is InChI=1S/C22H28N2O2/c25-21-15-24(22(26)16-7-3-1-2-4-8-16)14-18(21)13-17-11-12-23-20-10-6-5-9-19(17)20/h5-6,9-12,16,18,21,25H,1-4,7-8,13-15H2/t18-,21+/m1/s1. The Morgan fingerprint density at radius 3 is 2.65 bits per heavy atom. The molecule has 2 atom stereocenters. The lowest BCUT2D eigenvalue weighted by Gasteiger charge is -2.22. The number of aliphatic hydroxyl groups is 1. The highest BCUT2D eigenvalue weighted by Gasteiger charge is 2.36. The van der Waals surface area contributed by atoms with Crippen molar-refractivity contribution in [2.45, 2.75) is 51.0 Å². The molecule has 4 rings (SSSR count). The maximum absolute atomic E-state index is 12.9. The van der Waals surface area contributed by atoms with Crippen molar-refractivity contribution in [2.24, 2.45) is 11.8 Å². The van der Waals surface area contributed by atoms with Crippen LogP contribution in [-0.2, 0) is 11.2 Å². The Morgan fingerprint density at radius 1 is 1.08 bits per heavy atom. The van der Waals surface area contributed by atoms with Crippen LogP contribution in [0.2, 0.25) is 0 Å². The highest BCUT2D eigenvalue weighted by atomic mass is 16.3. The van der Waals surface area contributed by atoms with Crippen molar-refractivity contribution >= 4 is 16.8 Å². The largest absolute Gasteiger partial charge is 0.391 e. The summed E-state index contributed by atoms with van der Waals surface area (Å²) < 4.78 is 0. The van der Waals surface area contributed by atoms with E-state index >= 15 is 0 Å². The molecule has 4 heteroatoms. The first-order valence-corrected chi connectivity index (χ1v) is 10.0. The third-order valence-electron chi connectivity index (χ3n) is 6.14. The SMILES string of the molecule is O=C(C1CCCCCC1)N1C[C@@H](Cc2ccnc3ccccc23)[C@@H](O)C1. The Kier molecular flexibility index (Phi) is 5.21. The monoisotopic (exact) mass is 352 g/mol. The first-order valence-electron chi connectivity index (χ1n) is 10.0. The molecule has 1 aliphatic carbocycles. The van der Waals surface area contributed by atoms with E-state index in [9.17, 15) is 9.90 Å². The van der Waals surface area contributed by atoms with Crippen molar-refractivity contribution in [3.05, 3.63) is 42.1 Å². The summed E-state index contributed by atoms with van der Waals surface area (Å²) in [4.78, 5) is 19.3. The molecule has 1 aliphatic heterocycles. The number of pyridine rings is 1. The smallest absolute Gasteiger partial charge is 0.225 e. The molecule has 1 amide bonds. The maximum Gasteiger partial charge on any atom is 0.225 e. The molecule has 0 spiro atoms. The van der Waals surface area contributed by atoms with E-state index in [2.05, 4.69) is 11.1 Å². The average Bonchev–Trinajstić information content (AvgIpc) is 2.87. The quantitative estimate of drug-likeness (QED) is 0.859. The number of rotatable bonds is 3. The Balaban J connectivity index is 1.46. The van der Waals surface area contributed by atoms with Gasteiger partial charge in [-0.15, -0.1) is 0 Å². The van der Waals surface area contributed by atoms with E-state index in [1.807, 2.05) is 35.4 Å². The molecule has 0 radical (unpaired) electrons. The number of amides is 1. The van der Waals surface area contributed by atoms with Crippen molar-refractivity contribution in [1.29, 1.82) is 0 Å². The van der Waals surface area contributed by atoms with Gasteiger partial charge in [-0.1, -0.05) is 43.9 Å². The molecule has 2 aromatic rings. The third kappa shape index (κ3) is 3.61. The summed E-state index contributed by atoms with van der Waals surface area (Å²) in [5.74, 6) is 0.550. The van der Waals surface area contributed by atoms with Gasteiger partial charge < -0.3 is 10.0 Å². The van der Waals surface area contributed by atoms with Gasteiger partial charge in [0.1, 0.15) is 0 Å². The van der Waals surface area contributed by atoms with Crippen LogP contribution in [0, 0.1) is 11.8 Å². The fourth-order valence-corrected chi connectivity index (χ4v) is 4.63. The summed E-state index contributed by atoms with van der Waals surface area (Å²) in [6, 6.07) is 10.2. The lowest BCUT2D eigenvalue weighted by Crippen LogP contribution is -2.35. The molecule has 1 aromatic carbocycles. The molecule has 0 bridgehead atoms. The first-order chi connectivity index (χ1) is 12.7. The minimum atomic E-state index is -0.434. The highest BCUT2D eigenvalue weighted by molar-refractivity contribution is 5.82. The Labute approximate surface area is 155 Å². The Morgan fingerprint density at radius 2 is 1.85 bits per heavy atom. The zero-order valence-corrected chi connectivity index (χ0v) is 15.3. The lowest BCUT2D eigenvalue weighted by atomic mass is 9.94. The number of hydrogen-bond donors (Lipinski definition) is 1. The Hall–Kier alpha value is -1.94. The maximum atomic E-state index is 12.9. The van der Waals surface area contributed by atoms with Gasteiger partial charge >= 0.3 is 0 Å². The number of β-amino-alcohol motifs (C(OH)–C–C–N with tert-alkyl or cyclic N) is 1. The van der Waals surface area contributed by atoms with Crippen molar-refractivity contribution in [3.8, 4) is 0 Å². The lowest BCUT2D eigenvalue weighted by molar-refractivity contribution is -0.135. The fraction of sp³-hybridized carbons (Fsp3) is 0.545. The molecule has 26 heavy (non-hydrogen) atoms. The molecule has 0 unspecified atom stereocenters. The molecule has 2 fully saturated rings. The second kappa shape index (κ2) is 7.75. The van der Waals surface area contributed by atoms with E-state index in [1.54, 1.807) is 0 Å². The molecular weight excluding hydrogens is 324 g/mol. The van der Waals surface area contributed by atoms with E-state index in [0.29, 0.717) is 13.1 Å². The van der Waals surface area contributed by atoms with E-state index in [4.69, 9.17) is 0 Å². The van der Waals surface area contributed by atoms with Gasteiger partial charge in [0.25, 0.3) is 0 Å². The van der Waals surface area contributed by atoms with Crippen molar-refractivity contribution < 1.29 is 9.90 Å². The molecule has 1 aromatic heterocycles. The van der Waals surface area contributed by atoms with Gasteiger partial charge in [-0.05, 0) is 37.0 Å². The number of carbonyl (C=O) groups is 1. The number of likely N-dealkylation sites (tertiary alicyclic amines) is 1. The van der Waals surface area contributed by atoms with Gasteiger partial charge in [0, 0.05) is 36.5 Å². The normalized spacial score (nSPS) is 24.7. The van der Waals surface area contributed by atoms with Crippen LogP contribution in [0.1, 0.15) is 44.1 Å². The predicted molar refractivity (Wildman–Crippen MR) is 103 cm³/mol. The third-order valence-corrected chi connectivity index (χ3v) is 6.14. The molecular formula is C22H28N2O2.